The van der Waals surface area contributed by atoms with Gasteiger partial charge in [-0.1, -0.05) is 12.1 Å². The summed E-state index contributed by atoms with van der Waals surface area (Å²) < 4.78 is 16.4. The summed E-state index contributed by atoms with van der Waals surface area (Å²) in [5.74, 6) is -0.827. The number of carbonyl (C=O) groups is 1. The highest BCUT2D eigenvalue weighted by atomic mass is 19.1. The summed E-state index contributed by atoms with van der Waals surface area (Å²) in [7, 11) is 0. The van der Waals surface area contributed by atoms with Crippen molar-refractivity contribution in [1.82, 2.24) is 19.6 Å². The Kier molecular flexibility index (Phi) is 5.48. The van der Waals surface area contributed by atoms with Gasteiger partial charge in [-0.15, -0.1) is 0 Å². The molecule has 0 aliphatic carbocycles. The van der Waals surface area contributed by atoms with E-state index < -0.39 is 4.92 Å². The first-order valence-corrected chi connectivity index (χ1v) is 8.59. The van der Waals surface area contributed by atoms with Crippen LogP contribution in [0.15, 0.2) is 36.5 Å². The van der Waals surface area contributed by atoms with Crippen LogP contribution < -0.4 is 5.32 Å². The molecule has 0 aliphatic heterocycles. The fourth-order valence-corrected chi connectivity index (χ4v) is 2.83. The molecule has 0 radical (unpaired) electrons. The molecule has 1 N–H and O–H groups in total. The average Bonchev–Trinajstić information content (AvgIpc) is 3.21. The molecule has 0 saturated heterocycles. The van der Waals surface area contributed by atoms with E-state index in [4.69, 9.17) is 0 Å². The maximum atomic E-state index is 13.4. The van der Waals surface area contributed by atoms with Gasteiger partial charge >= 0.3 is 5.82 Å². The largest absolute Gasteiger partial charge is 0.389 e. The number of benzene rings is 1. The van der Waals surface area contributed by atoms with Gasteiger partial charge in [0, 0.05) is 6.42 Å². The number of carbonyl (C=O) groups excluding carboxylic acids is 1. The van der Waals surface area contributed by atoms with Crippen LogP contribution in [0.25, 0.3) is 0 Å². The number of anilines is 1. The van der Waals surface area contributed by atoms with Crippen LogP contribution in [-0.4, -0.2) is 30.4 Å². The highest BCUT2D eigenvalue weighted by Gasteiger charge is 2.16. The number of amides is 1. The van der Waals surface area contributed by atoms with E-state index in [0.717, 1.165) is 11.3 Å². The molecule has 0 spiro atoms. The number of nitrogens with one attached hydrogen (secondary N) is 1. The Labute approximate surface area is 159 Å². The molecule has 9 nitrogen and oxygen atoms in total. The molecular formula is C18H19FN6O3. The number of aryl methyl sites for hydroxylation is 2. The first-order valence-electron chi connectivity index (χ1n) is 8.59. The van der Waals surface area contributed by atoms with Crippen LogP contribution in [0.1, 0.15) is 23.4 Å². The third kappa shape index (κ3) is 4.40. The van der Waals surface area contributed by atoms with Gasteiger partial charge < -0.3 is 15.4 Å². The van der Waals surface area contributed by atoms with Gasteiger partial charge in [-0.25, -0.2) is 4.39 Å². The second kappa shape index (κ2) is 7.99. The van der Waals surface area contributed by atoms with Crippen molar-refractivity contribution in [3.05, 3.63) is 69.4 Å². The molecule has 28 heavy (non-hydrogen) atoms. The molecule has 0 saturated carbocycles. The van der Waals surface area contributed by atoms with Gasteiger partial charge in [0.1, 0.15) is 5.82 Å². The van der Waals surface area contributed by atoms with E-state index in [-0.39, 0.29) is 30.5 Å². The van der Waals surface area contributed by atoms with Gasteiger partial charge in [0.25, 0.3) is 0 Å². The van der Waals surface area contributed by atoms with Crippen molar-refractivity contribution in [2.45, 2.75) is 33.4 Å². The normalized spacial score (nSPS) is 10.8. The highest BCUT2D eigenvalue weighted by Crippen LogP contribution is 2.21. The summed E-state index contributed by atoms with van der Waals surface area (Å²) >= 11 is 0. The summed E-state index contributed by atoms with van der Waals surface area (Å²) in [6.45, 7) is 4.21. The van der Waals surface area contributed by atoms with Crippen molar-refractivity contribution in [3.63, 3.8) is 0 Å². The van der Waals surface area contributed by atoms with E-state index in [9.17, 15) is 19.3 Å². The lowest BCUT2D eigenvalue weighted by atomic mass is 10.2. The molecule has 3 rings (SSSR count). The number of nitro groups is 1. The Bertz CT molecular complexity index is 1030. The molecular weight excluding hydrogens is 367 g/mol. The van der Waals surface area contributed by atoms with Gasteiger partial charge in [-0.3, -0.25) is 9.48 Å². The maximum Gasteiger partial charge on any atom is 0.389 e. The number of aromatic nitrogens is 4. The van der Waals surface area contributed by atoms with Crippen molar-refractivity contribution < 1.29 is 14.1 Å². The number of hydrogen-bond donors (Lipinski definition) is 1. The van der Waals surface area contributed by atoms with Crippen LogP contribution in [-0.2, 0) is 17.9 Å². The van der Waals surface area contributed by atoms with Crippen molar-refractivity contribution >= 4 is 17.4 Å². The predicted molar refractivity (Wildman–Crippen MR) is 99.3 cm³/mol. The maximum absolute atomic E-state index is 13.4. The van der Waals surface area contributed by atoms with Crippen LogP contribution in [0.5, 0.6) is 0 Å². The predicted octanol–water partition coefficient (Wildman–Crippen LogP) is 2.82. The summed E-state index contributed by atoms with van der Waals surface area (Å²) in [5.41, 5.74) is 2.78. The number of hydrogen-bond acceptors (Lipinski definition) is 5. The van der Waals surface area contributed by atoms with Crippen molar-refractivity contribution in [2.75, 3.05) is 5.32 Å². The molecule has 0 aliphatic rings. The summed E-state index contributed by atoms with van der Waals surface area (Å²) in [6, 6.07) is 7.55. The lowest BCUT2D eigenvalue weighted by Gasteiger charge is -2.07. The van der Waals surface area contributed by atoms with E-state index in [2.05, 4.69) is 15.5 Å². The van der Waals surface area contributed by atoms with Crippen molar-refractivity contribution in [2.24, 2.45) is 0 Å². The first kappa shape index (κ1) is 19.2. The topological polar surface area (TPSA) is 108 Å². The van der Waals surface area contributed by atoms with Crippen LogP contribution in [0.3, 0.4) is 0 Å². The number of nitrogens with zero attached hydrogens (tertiary/aromatic N) is 5. The zero-order valence-corrected chi connectivity index (χ0v) is 15.4. The Balaban J connectivity index is 1.64. The zero-order chi connectivity index (χ0) is 20.3. The van der Waals surface area contributed by atoms with E-state index in [1.165, 1.54) is 29.1 Å². The second-order valence-electron chi connectivity index (χ2n) is 6.33. The van der Waals surface area contributed by atoms with Crippen LogP contribution >= 0.6 is 0 Å². The summed E-state index contributed by atoms with van der Waals surface area (Å²) in [4.78, 5) is 22.3. The zero-order valence-electron chi connectivity index (χ0n) is 15.4. The van der Waals surface area contributed by atoms with Gasteiger partial charge in [0.2, 0.25) is 5.91 Å². The molecule has 3 aromatic rings. The van der Waals surface area contributed by atoms with Crippen LogP contribution in [0, 0.1) is 29.8 Å². The fraction of sp³-hybridized carbons (Fsp3) is 0.278. The SMILES string of the molecule is Cc1nn(Cc2cccc(F)c2)c(C)c1NC(=O)CCn1ccc([N+](=O)[O-])n1. The molecule has 2 heterocycles. The highest BCUT2D eigenvalue weighted by molar-refractivity contribution is 5.91. The van der Waals surface area contributed by atoms with Crippen LogP contribution in [0.4, 0.5) is 15.9 Å². The molecule has 1 aromatic carbocycles. The monoisotopic (exact) mass is 386 g/mol. The summed E-state index contributed by atoms with van der Waals surface area (Å²) in [5, 5.41) is 21.7. The van der Waals surface area contributed by atoms with Gasteiger partial charge in [0.15, 0.2) is 0 Å². The standard InChI is InChI=1S/C18H19FN6O3/c1-12-18(13(2)24(21-12)11-14-4-3-5-15(19)10-14)20-17(26)7-9-23-8-6-16(22-23)25(27)28/h3-6,8,10H,7,9,11H2,1-2H3,(H,20,26). The smallest absolute Gasteiger partial charge is 0.358 e. The Morgan fingerprint density at radius 2 is 2.07 bits per heavy atom. The third-order valence-electron chi connectivity index (χ3n) is 4.25. The van der Waals surface area contributed by atoms with E-state index in [1.807, 2.05) is 6.92 Å². The summed E-state index contributed by atoms with van der Waals surface area (Å²) in [6.07, 6.45) is 1.56. The molecule has 0 atom stereocenters. The molecule has 1 amide bonds. The Morgan fingerprint density at radius 1 is 1.29 bits per heavy atom. The lowest BCUT2D eigenvalue weighted by Crippen LogP contribution is -2.16. The quantitative estimate of drug-likeness (QED) is 0.496. The molecule has 2 aromatic heterocycles. The Morgan fingerprint density at radius 3 is 2.75 bits per heavy atom. The molecule has 0 bridgehead atoms. The van der Waals surface area contributed by atoms with Crippen LogP contribution in [0.2, 0.25) is 0 Å². The van der Waals surface area contributed by atoms with E-state index >= 15 is 0 Å². The van der Waals surface area contributed by atoms with Gasteiger partial charge in [-0.05, 0) is 36.5 Å². The van der Waals surface area contributed by atoms with E-state index in [1.54, 1.807) is 23.7 Å². The lowest BCUT2D eigenvalue weighted by molar-refractivity contribution is -0.389. The van der Waals surface area contributed by atoms with E-state index in [0.29, 0.717) is 17.9 Å². The van der Waals surface area contributed by atoms with Gasteiger partial charge in [0.05, 0.1) is 47.5 Å². The molecule has 0 fully saturated rings. The minimum atomic E-state index is -0.587. The van der Waals surface area contributed by atoms with Crippen molar-refractivity contribution in [1.29, 1.82) is 0 Å². The first-order chi connectivity index (χ1) is 13.3. The average molecular weight is 386 g/mol. The minimum absolute atomic E-state index is 0.104. The van der Waals surface area contributed by atoms with Crippen molar-refractivity contribution in [3.8, 4) is 0 Å². The third-order valence-corrected chi connectivity index (χ3v) is 4.25. The molecule has 146 valence electrons. The second-order valence-corrected chi connectivity index (χ2v) is 6.33. The van der Waals surface area contributed by atoms with Gasteiger partial charge in [-0.2, -0.15) is 9.78 Å². The number of rotatable bonds is 7. The molecule has 0 unspecified atom stereocenters. The fourth-order valence-electron chi connectivity index (χ4n) is 2.83. The number of halogens is 1. The minimum Gasteiger partial charge on any atom is -0.358 e. The Hall–Kier alpha value is -3.56. The molecule has 10 heteroatoms.